The summed E-state index contributed by atoms with van der Waals surface area (Å²) in [6.07, 6.45) is 2.67. The average molecular weight is 568 g/mol. The summed E-state index contributed by atoms with van der Waals surface area (Å²) in [6.45, 7) is 5.96. The summed E-state index contributed by atoms with van der Waals surface area (Å²) >= 11 is 12.6. The first kappa shape index (κ1) is 28.7. The highest BCUT2D eigenvalue weighted by Gasteiger charge is 2.23. The largest absolute Gasteiger partial charge is 0.507 e. The first-order chi connectivity index (χ1) is 18.7. The van der Waals surface area contributed by atoms with E-state index in [9.17, 15) is 14.7 Å². The average Bonchev–Trinajstić information content (AvgIpc) is 2.89. The fraction of sp³-hybridized carbons (Fsp3) is 0.290. The minimum Gasteiger partial charge on any atom is -0.507 e. The molecule has 4 rings (SSSR count). The van der Waals surface area contributed by atoms with E-state index in [1.165, 1.54) is 13.0 Å². The molecule has 1 N–H and O–H groups in total. The Hall–Kier alpha value is -3.32. The summed E-state index contributed by atoms with van der Waals surface area (Å²) in [6, 6.07) is 15.7. The third-order valence-electron chi connectivity index (χ3n) is 6.65. The number of unbranched alkanes of at least 4 members (excludes halogenated alkanes) is 1. The van der Waals surface area contributed by atoms with Gasteiger partial charge in [0.2, 0.25) is 0 Å². The Bertz CT molecular complexity index is 1550. The van der Waals surface area contributed by atoms with Gasteiger partial charge in [0.05, 0.1) is 10.6 Å². The zero-order valence-corrected chi connectivity index (χ0v) is 23.7. The molecule has 0 saturated carbocycles. The normalized spacial score (nSPS) is 11.3. The van der Waals surface area contributed by atoms with Gasteiger partial charge in [0.15, 0.2) is 11.4 Å². The molecule has 0 aliphatic carbocycles. The molecule has 3 aromatic carbocycles. The molecule has 1 aromatic heterocycles. The van der Waals surface area contributed by atoms with Crippen molar-refractivity contribution in [1.29, 1.82) is 0 Å². The van der Waals surface area contributed by atoms with Crippen LogP contribution in [0.25, 0.3) is 22.1 Å². The summed E-state index contributed by atoms with van der Waals surface area (Å²) in [4.78, 5) is 28.0. The smallest absolute Gasteiger partial charge is 0.344 e. The lowest BCUT2D eigenvalue weighted by molar-refractivity contribution is 0.101. The molecule has 39 heavy (non-hydrogen) atoms. The Balaban J connectivity index is 1.73. The zero-order valence-electron chi connectivity index (χ0n) is 22.2. The summed E-state index contributed by atoms with van der Waals surface area (Å²) in [5.41, 5.74) is 1.63. The molecule has 0 aliphatic heterocycles. The Morgan fingerprint density at radius 1 is 1.05 bits per heavy atom. The van der Waals surface area contributed by atoms with Crippen LogP contribution in [0.4, 0.5) is 0 Å². The van der Waals surface area contributed by atoms with Crippen molar-refractivity contribution in [1.82, 2.24) is 4.90 Å². The number of Topliss-reactive ketones (excluding diaryl/α,β-unsaturated/α-hetero) is 1. The van der Waals surface area contributed by atoms with E-state index in [4.69, 9.17) is 32.4 Å². The summed E-state index contributed by atoms with van der Waals surface area (Å²) in [5, 5.41) is 11.6. The lowest BCUT2D eigenvalue weighted by atomic mass is 9.92. The maximum atomic E-state index is 13.4. The highest BCUT2D eigenvalue weighted by molar-refractivity contribution is 6.36. The Morgan fingerprint density at radius 2 is 1.79 bits per heavy atom. The lowest BCUT2D eigenvalue weighted by Gasteiger charge is -2.17. The van der Waals surface area contributed by atoms with Gasteiger partial charge in [0.1, 0.15) is 23.7 Å². The van der Waals surface area contributed by atoms with Gasteiger partial charge in [-0.1, -0.05) is 54.7 Å². The second-order valence-corrected chi connectivity index (χ2v) is 10.4. The van der Waals surface area contributed by atoms with Gasteiger partial charge in [-0.3, -0.25) is 4.79 Å². The van der Waals surface area contributed by atoms with Crippen LogP contribution in [0.15, 0.2) is 63.8 Å². The summed E-state index contributed by atoms with van der Waals surface area (Å²) in [5.74, 6) is 0.0966. The predicted octanol–water partition coefficient (Wildman–Crippen LogP) is 7.38. The lowest BCUT2D eigenvalue weighted by Crippen LogP contribution is -2.25. The van der Waals surface area contributed by atoms with Crippen molar-refractivity contribution in [2.24, 2.45) is 0 Å². The van der Waals surface area contributed by atoms with E-state index >= 15 is 0 Å². The van der Waals surface area contributed by atoms with E-state index in [0.717, 1.165) is 37.2 Å². The summed E-state index contributed by atoms with van der Waals surface area (Å²) in [7, 11) is 2.09. The van der Waals surface area contributed by atoms with Gasteiger partial charge in [-0.05, 0) is 80.9 Å². The first-order valence-corrected chi connectivity index (χ1v) is 13.6. The molecule has 0 saturated heterocycles. The van der Waals surface area contributed by atoms with E-state index in [1.54, 1.807) is 24.3 Å². The van der Waals surface area contributed by atoms with Crippen LogP contribution in [0.5, 0.6) is 11.5 Å². The number of fused-ring (bicyclic) bond motifs is 1. The number of nitrogens with zero attached hydrogens (tertiary/aromatic N) is 1. The number of aromatic hydroxyl groups is 1. The van der Waals surface area contributed by atoms with Crippen LogP contribution in [0.1, 0.15) is 48.2 Å². The highest BCUT2D eigenvalue weighted by Crippen LogP contribution is 2.37. The molecule has 4 aromatic rings. The molecule has 8 heteroatoms. The van der Waals surface area contributed by atoms with Crippen molar-refractivity contribution >= 4 is 40.0 Å². The van der Waals surface area contributed by atoms with Crippen molar-refractivity contribution in [3.63, 3.8) is 0 Å². The van der Waals surface area contributed by atoms with Crippen LogP contribution < -0.4 is 10.4 Å². The predicted molar refractivity (Wildman–Crippen MR) is 157 cm³/mol. The quantitative estimate of drug-likeness (QED) is 0.150. The number of rotatable bonds is 11. The molecule has 0 amide bonds. The molecule has 0 spiro atoms. The maximum Gasteiger partial charge on any atom is 0.344 e. The van der Waals surface area contributed by atoms with Gasteiger partial charge in [-0.15, -0.1) is 0 Å². The Kier molecular flexibility index (Phi) is 9.33. The Labute approximate surface area is 237 Å². The molecule has 0 atom stereocenters. The molecule has 0 aliphatic rings. The standard InChI is InChI=1S/C31H31Cl2NO5/c1-4-5-14-34(3)15-16-38-22-9-6-20(7-10-22)17-25-23-12-13-27(36)28(19(2)35)30(23)39-31(37)29(25)24-11-8-21(32)18-26(24)33/h6-13,18,36H,4-5,14-17H2,1-3H3. The van der Waals surface area contributed by atoms with Crippen molar-refractivity contribution < 1.29 is 19.1 Å². The molecule has 0 radical (unpaired) electrons. The number of carbonyl (C=O) groups excluding carboxylic acids is 1. The van der Waals surface area contributed by atoms with Crippen molar-refractivity contribution in [2.45, 2.75) is 33.1 Å². The van der Waals surface area contributed by atoms with Crippen LogP contribution in [-0.2, 0) is 6.42 Å². The number of hydrogen-bond donors (Lipinski definition) is 1. The van der Waals surface area contributed by atoms with Gasteiger partial charge >= 0.3 is 5.63 Å². The van der Waals surface area contributed by atoms with Crippen LogP contribution in [0.3, 0.4) is 0 Å². The highest BCUT2D eigenvalue weighted by atomic mass is 35.5. The minimum absolute atomic E-state index is 0.0349. The van der Waals surface area contributed by atoms with Gasteiger partial charge < -0.3 is 19.2 Å². The molecule has 0 fully saturated rings. The third-order valence-corrected chi connectivity index (χ3v) is 7.20. The monoisotopic (exact) mass is 567 g/mol. The number of benzene rings is 3. The van der Waals surface area contributed by atoms with Crippen molar-refractivity contribution in [2.75, 3.05) is 26.7 Å². The van der Waals surface area contributed by atoms with E-state index in [2.05, 4.69) is 18.9 Å². The van der Waals surface area contributed by atoms with Crippen LogP contribution in [-0.4, -0.2) is 42.5 Å². The number of phenols is 1. The second kappa shape index (κ2) is 12.7. The topological polar surface area (TPSA) is 80.0 Å². The summed E-state index contributed by atoms with van der Waals surface area (Å²) < 4.78 is 11.6. The van der Waals surface area contributed by atoms with Gasteiger partial charge in [-0.2, -0.15) is 0 Å². The van der Waals surface area contributed by atoms with Gasteiger partial charge in [0, 0.05) is 22.5 Å². The fourth-order valence-corrected chi connectivity index (χ4v) is 5.08. The molecule has 6 nitrogen and oxygen atoms in total. The molecular formula is C31H31Cl2NO5. The number of ether oxygens (including phenoxy) is 1. The van der Waals surface area contributed by atoms with E-state index < -0.39 is 11.4 Å². The second-order valence-electron chi connectivity index (χ2n) is 9.59. The van der Waals surface area contributed by atoms with Crippen LogP contribution in [0, 0.1) is 0 Å². The van der Waals surface area contributed by atoms with Gasteiger partial charge in [0.25, 0.3) is 0 Å². The number of carbonyl (C=O) groups is 1. The number of phenolic OH excluding ortho intramolecular Hbond substituents is 1. The van der Waals surface area contributed by atoms with Crippen LogP contribution >= 0.6 is 23.2 Å². The van der Waals surface area contributed by atoms with E-state index in [-0.39, 0.29) is 22.5 Å². The number of hydrogen-bond acceptors (Lipinski definition) is 6. The number of likely N-dealkylation sites (N-methyl/N-ethyl adjacent to an activating group) is 1. The zero-order chi connectivity index (χ0) is 28.1. The molecule has 0 bridgehead atoms. The SMILES string of the molecule is CCCCN(C)CCOc1ccc(Cc2c(-c3ccc(Cl)cc3Cl)c(=O)oc3c(C(C)=O)c(O)ccc23)cc1. The molecule has 1 heterocycles. The molecule has 0 unspecified atom stereocenters. The fourth-order valence-electron chi connectivity index (χ4n) is 4.57. The Morgan fingerprint density at radius 3 is 2.46 bits per heavy atom. The van der Waals surface area contributed by atoms with E-state index in [1.807, 2.05) is 24.3 Å². The van der Waals surface area contributed by atoms with Crippen LogP contribution in [0.2, 0.25) is 10.0 Å². The molecule has 204 valence electrons. The third kappa shape index (κ3) is 6.64. The number of halogens is 2. The van der Waals surface area contributed by atoms with E-state index in [0.29, 0.717) is 39.6 Å². The van der Waals surface area contributed by atoms with Crippen molar-refractivity contribution in [3.8, 4) is 22.6 Å². The number of ketones is 1. The van der Waals surface area contributed by atoms with Crippen molar-refractivity contribution in [3.05, 3.63) is 91.8 Å². The first-order valence-electron chi connectivity index (χ1n) is 12.9. The minimum atomic E-state index is -0.665. The maximum absolute atomic E-state index is 13.4. The molecular weight excluding hydrogens is 537 g/mol. The van der Waals surface area contributed by atoms with Gasteiger partial charge in [-0.25, -0.2) is 4.79 Å².